The standard InChI is InChI=1S/C24H30N4O7S2/c1-37(32,33)26-8-7-25-24(31)22(29)17(11-15-5-3-2-4-6-15)27-23(30)18-12-16-13-19-20(35-10-9-34-19)14-21(16)36-28-18/h2-6,13-14,17-18,22,26,28-29H,7-12H2,1H3,(H,25,31)(H,27,30)/t17-,18?,22?/m0/s1. The normalized spacial score (nSPS) is 18.3. The lowest BCUT2D eigenvalue weighted by Crippen LogP contribution is -2.56. The third kappa shape index (κ3) is 7.58. The van der Waals surface area contributed by atoms with Gasteiger partial charge in [0.2, 0.25) is 15.9 Å². The van der Waals surface area contributed by atoms with Gasteiger partial charge in [0.1, 0.15) is 19.3 Å². The maximum absolute atomic E-state index is 13.2. The minimum atomic E-state index is -3.40. The lowest BCUT2D eigenvalue weighted by atomic mass is 9.99. The number of benzene rings is 2. The first-order valence-corrected chi connectivity index (χ1v) is 14.5. The van der Waals surface area contributed by atoms with E-state index in [-0.39, 0.29) is 25.4 Å². The summed E-state index contributed by atoms with van der Waals surface area (Å²) in [6.45, 7) is 0.922. The molecule has 0 radical (unpaired) electrons. The van der Waals surface area contributed by atoms with Gasteiger partial charge in [0.25, 0.3) is 5.91 Å². The third-order valence-electron chi connectivity index (χ3n) is 5.84. The predicted octanol–water partition coefficient (Wildman–Crippen LogP) is -0.267. The zero-order valence-electron chi connectivity index (χ0n) is 20.2. The molecule has 2 aromatic carbocycles. The van der Waals surface area contributed by atoms with Crippen molar-refractivity contribution in [3.8, 4) is 11.5 Å². The Labute approximate surface area is 219 Å². The van der Waals surface area contributed by atoms with Crippen LogP contribution in [-0.2, 0) is 32.5 Å². The lowest BCUT2D eigenvalue weighted by Gasteiger charge is -2.30. The summed E-state index contributed by atoms with van der Waals surface area (Å²) in [5, 5.41) is 16.1. The molecule has 200 valence electrons. The molecule has 0 aliphatic carbocycles. The van der Waals surface area contributed by atoms with E-state index >= 15 is 0 Å². The fourth-order valence-corrected chi connectivity index (χ4v) is 5.38. The van der Waals surface area contributed by atoms with E-state index < -0.39 is 34.1 Å². The molecule has 3 atom stereocenters. The molecular weight excluding hydrogens is 520 g/mol. The average Bonchev–Trinajstić information content (AvgIpc) is 2.88. The number of carbonyl (C=O) groups is 2. The molecule has 0 aromatic heterocycles. The first kappa shape index (κ1) is 27.2. The fraction of sp³-hybridized carbons (Fsp3) is 0.417. The van der Waals surface area contributed by atoms with Crippen LogP contribution in [0.1, 0.15) is 11.1 Å². The number of hydrogen-bond acceptors (Lipinski definition) is 9. The maximum Gasteiger partial charge on any atom is 0.251 e. The number of carbonyl (C=O) groups excluding carboxylic acids is 2. The summed E-state index contributed by atoms with van der Waals surface area (Å²) >= 11 is 1.32. The number of amides is 2. The van der Waals surface area contributed by atoms with E-state index in [2.05, 4.69) is 20.1 Å². The molecule has 2 aliphatic rings. The van der Waals surface area contributed by atoms with Gasteiger partial charge in [-0.1, -0.05) is 30.3 Å². The molecule has 2 amide bonds. The van der Waals surface area contributed by atoms with Gasteiger partial charge in [-0.3, -0.25) is 9.59 Å². The van der Waals surface area contributed by atoms with Crippen LogP contribution in [0.25, 0.3) is 0 Å². The topological polar surface area (TPSA) is 155 Å². The van der Waals surface area contributed by atoms with E-state index in [9.17, 15) is 23.1 Å². The number of fused-ring (bicyclic) bond motifs is 2. The highest BCUT2D eigenvalue weighted by Crippen LogP contribution is 2.39. The van der Waals surface area contributed by atoms with Crippen LogP contribution in [0.15, 0.2) is 47.4 Å². The molecule has 0 bridgehead atoms. The molecule has 0 fully saturated rings. The highest BCUT2D eigenvalue weighted by molar-refractivity contribution is 7.97. The Kier molecular flexibility index (Phi) is 8.92. The van der Waals surface area contributed by atoms with Gasteiger partial charge in [0.15, 0.2) is 17.6 Å². The summed E-state index contributed by atoms with van der Waals surface area (Å²) in [6.07, 6.45) is 0.0735. The van der Waals surface area contributed by atoms with E-state index in [1.54, 1.807) is 0 Å². The Morgan fingerprint density at radius 2 is 1.84 bits per heavy atom. The number of nitrogens with one attached hydrogen (secondary N) is 4. The van der Waals surface area contributed by atoms with Gasteiger partial charge in [-0.05, 0) is 48.0 Å². The van der Waals surface area contributed by atoms with Gasteiger partial charge in [-0.25, -0.2) is 17.9 Å². The second kappa shape index (κ2) is 12.1. The molecule has 2 aromatic rings. The molecule has 2 heterocycles. The van der Waals surface area contributed by atoms with Crippen molar-refractivity contribution in [2.45, 2.75) is 35.9 Å². The van der Waals surface area contributed by atoms with Crippen LogP contribution < -0.4 is 29.6 Å². The van der Waals surface area contributed by atoms with Crippen LogP contribution >= 0.6 is 11.9 Å². The number of aliphatic hydroxyl groups is 1. The van der Waals surface area contributed by atoms with Gasteiger partial charge < -0.3 is 25.2 Å². The number of rotatable bonds is 10. The Balaban J connectivity index is 1.42. The van der Waals surface area contributed by atoms with Gasteiger partial charge in [0.05, 0.1) is 12.3 Å². The number of sulfonamides is 1. The first-order chi connectivity index (χ1) is 17.7. The van der Waals surface area contributed by atoms with Crippen molar-refractivity contribution >= 4 is 33.8 Å². The summed E-state index contributed by atoms with van der Waals surface area (Å²) in [4.78, 5) is 26.8. The molecular formula is C24H30N4O7S2. The van der Waals surface area contributed by atoms with Gasteiger partial charge in [-0.2, -0.15) is 0 Å². The molecule has 0 spiro atoms. The number of hydrogen-bond donors (Lipinski definition) is 5. The molecule has 4 rings (SSSR count). The predicted molar refractivity (Wildman–Crippen MR) is 138 cm³/mol. The summed E-state index contributed by atoms with van der Waals surface area (Å²) in [7, 11) is -3.40. The van der Waals surface area contributed by atoms with Crippen molar-refractivity contribution in [1.29, 1.82) is 0 Å². The first-order valence-electron chi connectivity index (χ1n) is 11.8. The van der Waals surface area contributed by atoms with Gasteiger partial charge in [-0.15, -0.1) is 0 Å². The highest BCUT2D eigenvalue weighted by atomic mass is 32.2. The Morgan fingerprint density at radius 1 is 1.14 bits per heavy atom. The summed E-state index contributed by atoms with van der Waals surface area (Å²) < 4.78 is 39.1. The van der Waals surface area contributed by atoms with E-state index in [1.807, 2.05) is 42.5 Å². The van der Waals surface area contributed by atoms with Crippen molar-refractivity contribution in [2.75, 3.05) is 32.6 Å². The Bertz CT molecular complexity index is 1230. The molecule has 37 heavy (non-hydrogen) atoms. The Morgan fingerprint density at radius 3 is 2.54 bits per heavy atom. The molecule has 2 aliphatic heterocycles. The van der Waals surface area contributed by atoms with E-state index in [0.29, 0.717) is 31.1 Å². The lowest BCUT2D eigenvalue weighted by molar-refractivity contribution is -0.132. The van der Waals surface area contributed by atoms with Crippen molar-refractivity contribution in [2.24, 2.45) is 0 Å². The Hall–Kier alpha value is -2.84. The van der Waals surface area contributed by atoms with Crippen LogP contribution in [0.4, 0.5) is 0 Å². The largest absolute Gasteiger partial charge is 0.486 e. The zero-order valence-corrected chi connectivity index (χ0v) is 21.9. The molecule has 2 unspecified atom stereocenters. The maximum atomic E-state index is 13.2. The van der Waals surface area contributed by atoms with E-state index in [0.717, 1.165) is 22.3 Å². The van der Waals surface area contributed by atoms with E-state index in [1.165, 1.54) is 11.9 Å². The van der Waals surface area contributed by atoms with Crippen molar-refractivity contribution in [1.82, 2.24) is 20.1 Å². The van der Waals surface area contributed by atoms with E-state index in [4.69, 9.17) is 9.47 Å². The molecule has 11 nitrogen and oxygen atoms in total. The van der Waals surface area contributed by atoms with Crippen molar-refractivity contribution < 1.29 is 32.6 Å². The van der Waals surface area contributed by atoms with Crippen LogP contribution in [0, 0.1) is 0 Å². The van der Waals surface area contributed by atoms with Crippen LogP contribution in [0.2, 0.25) is 0 Å². The molecule has 13 heteroatoms. The molecule has 0 saturated heterocycles. The quantitative estimate of drug-likeness (QED) is 0.199. The van der Waals surface area contributed by atoms with Crippen LogP contribution in [0.5, 0.6) is 11.5 Å². The van der Waals surface area contributed by atoms with Gasteiger partial charge >= 0.3 is 0 Å². The highest BCUT2D eigenvalue weighted by Gasteiger charge is 2.32. The molecule has 5 N–H and O–H groups in total. The second-order valence-corrected chi connectivity index (χ2v) is 11.5. The summed E-state index contributed by atoms with van der Waals surface area (Å²) in [6, 6.07) is 11.5. The number of aliphatic hydroxyl groups excluding tert-OH is 1. The SMILES string of the molecule is CS(=O)(=O)NCCNC(=O)C(O)[C@H](Cc1ccccc1)NC(=O)C1Cc2cc3c(cc2SN1)OCCO3. The molecule has 0 saturated carbocycles. The average molecular weight is 551 g/mol. The fourth-order valence-electron chi connectivity index (χ4n) is 4.01. The van der Waals surface area contributed by atoms with Crippen molar-refractivity contribution in [3.05, 3.63) is 53.6 Å². The second-order valence-electron chi connectivity index (χ2n) is 8.79. The summed E-state index contributed by atoms with van der Waals surface area (Å²) in [5.41, 5.74) is 1.77. The summed E-state index contributed by atoms with van der Waals surface area (Å²) in [5.74, 6) is 0.244. The number of ether oxygens (including phenoxy) is 2. The minimum Gasteiger partial charge on any atom is -0.486 e. The minimum absolute atomic E-state index is 0.0112. The van der Waals surface area contributed by atoms with Gasteiger partial charge in [0, 0.05) is 18.0 Å². The third-order valence-corrected chi connectivity index (χ3v) is 7.57. The van der Waals surface area contributed by atoms with Crippen molar-refractivity contribution in [3.63, 3.8) is 0 Å². The smallest absolute Gasteiger partial charge is 0.251 e. The zero-order chi connectivity index (χ0) is 26.4. The van der Waals surface area contributed by atoms with Crippen LogP contribution in [0.3, 0.4) is 0 Å². The monoisotopic (exact) mass is 550 g/mol. The van der Waals surface area contributed by atoms with Crippen LogP contribution in [-0.4, -0.2) is 76.1 Å².